The van der Waals surface area contributed by atoms with Gasteiger partial charge < -0.3 is 25.8 Å². The number of aliphatic hydroxyl groups excluding tert-OH is 1. The molecule has 0 aliphatic heterocycles. The fourth-order valence-electron chi connectivity index (χ4n) is 4.12. The van der Waals surface area contributed by atoms with E-state index >= 15 is 0 Å². The molecule has 4 rings (SSSR count). The van der Waals surface area contributed by atoms with E-state index in [4.69, 9.17) is 10.5 Å². The fourth-order valence-corrected chi connectivity index (χ4v) is 4.12. The number of aliphatic hydroxyl groups is 1. The first-order valence-corrected chi connectivity index (χ1v) is 8.62. The van der Waals surface area contributed by atoms with Gasteiger partial charge in [0.15, 0.2) is 5.78 Å². The van der Waals surface area contributed by atoms with Crippen LogP contribution in [0, 0.1) is 5.92 Å². The van der Waals surface area contributed by atoms with Crippen molar-refractivity contribution in [2.24, 2.45) is 11.7 Å². The summed E-state index contributed by atoms with van der Waals surface area (Å²) in [4.78, 5) is 37.7. The van der Waals surface area contributed by atoms with Crippen LogP contribution in [-0.2, 0) is 11.2 Å². The normalized spacial score (nSPS) is 20.2. The summed E-state index contributed by atoms with van der Waals surface area (Å²) in [6, 6.07) is 4.48. The van der Waals surface area contributed by atoms with E-state index in [9.17, 15) is 29.7 Å². The van der Waals surface area contributed by atoms with Crippen LogP contribution in [0.5, 0.6) is 17.2 Å². The molecule has 1 amide bonds. The molecule has 2 aromatic carbocycles. The monoisotopic (exact) mass is 383 g/mol. The SMILES string of the molecule is COc1cccc2c1C(=O)c1c(O)c3c(c(O)c1C2=O)C[C@@H](C(N)=O)C[C@@H]3O. The maximum absolute atomic E-state index is 13.1. The lowest BCUT2D eigenvalue weighted by Gasteiger charge is -2.31. The van der Waals surface area contributed by atoms with E-state index in [0.717, 1.165) is 0 Å². The molecule has 2 aromatic rings. The quantitative estimate of drug-likeness (QED) is 0.482. The number of rotatable bonds is 2. The number of ketones is 2. The fraction of sp³-hybridized carbons (Fsp3) is 0.250. The predicted octanol–water partition coefficient (Wildman–Crippen LogP) is 0.963. The molecule has 0 spiro atoms. The van der Waals surface area contributed by atoms with Crippen molar-refractivity contribution < 1.29 is 34.4 Å². The summed E-state index contributed by atoms with van der Waals surface area (Å²) in [6.45, 7) is 0. The number of benzene rings is 2. The van der Waals surface area contributed by atoms with E-state index < -0.39 is 41.0 Å². The molecule has 0 heterocycles. The Morgan fingerprint density at radius 3 is 2.43 bits per heavy atom. The number of methoxy groups -OCH3 is 1. The summed E-state index contributed by atoms with van der Waals surface area (Å²) in [5, 5.41) is 32.0. The standard InChI is InChI=1S/C20H17NO7/c1-28-11-4-2-3-8-13(11)19(26)15-14(16(8)23)17(24)9-5-7(20(21)27)6-10(22)12(9)18(15)25/h2-4,7,10,22,24-25H,5-6H2,1H3,(H2,21,27)/t7-,10+/m1/s1. The van der Waals surface area contributed by atoms with E-state index in [1.807, 2.05) is 0 Å². The van der Waals surface area contributed by atoms with Gasteiger partial charge in [-0.05, 0) is 18.9 Å². The van der Waals surface area contributed by atoms with E-state index in [-0.39, 0.29) is 52.0 Å². The van der Waals surface area contributed by atoms with E-state index in [1.165, 1.54) is 25.3 Å². The lowest BCUT2D eigenvalue weighted by atomic mass is 9.74. The van der Waals surface area contributed by atoms with Gasteiger partial charge in [-0.15, -0.1) is 0 Å². The second kappa shape index (κ2) is 6.07. The van der Waals surface area contributed by atoms with Gasteiger partial charge in [0.1, 0.15) is 17.2 Å². The summed E-state index contributed by atoms with van der Waals surface area (Å²) in [6.07, 6.45) is -1.43. The van der Waals surface area contributed by atoms with Crippen molar-refractivity contribution in [3.05, 3.63) is 51.6 Å². The first-order valence-electron chi connectivity index (χ1n) is 8.62. The van der Waals surface area contributed by atoms with Gasteiger partial charge >= 0.3 is 0 Å². The smallest absolute Gasteiger partial charge is 0.220 e. The number of phenolic OH excluding ortho intramolecular Hbond substituents is 2. The minimum atomic E-state index is -1.32. The lowest BCUT2D eigenvalue weighted by molar-refractivity contribution is -0.123. The molecule has 0 unspecified atom stereocenters. The van der Waals surface area contributed by atoms with Crippen LogP contribution in [0.25, 0.3) is 0 Å². The number of aromatic hydroxyl groups is 2. The van der Waals surface area contributed by atoms with Gasteiger partial charge in [0.25, 0.3) is 0 Å². The van der Waals surface area contributed by atoms with Gasteiger partial charge in [0.2, 0.25) is 11.7 Å². The van der Waals surface area contributed by atoms with Crippen molar-refractivity contribution in [2.45, 2.75) is 18.9 Å². The number of phenols is 2. The van der Waals surface area contributed by atoms with Crippen LogP contribution in [0.3, 0.4) is 0 Å². The Labute approximate surface area is 159 Å². The Hall–Kier alpha value is -3.39. The molecular formula is C20H17NO7. The van der Waals surface area contributed by atoms with Crippen LogP contribution in [0.2, 0.25) is 0 Å². The minimum Gasteiger partial charge on any atom is -0.507 e. The molecule has 2 aliphatic carbocycles. The number of primary amides is 1. The third-order valence-electron chi connectivity index (χ3n) is 5.46. The Bertz CT molecular complexity index is 1070. The van der Waals surface area contributed by atoms with Gasteiger partial charge in [0.05, 0.1) is 29.9 Å². The molecule has 0 saturated heterocycles. The zero-order chi connectivity index (χ0) is 20.3. The van der Waals surface area contributed by atoms with Crippen molar-refractivity contribution in [1.29, 1.82) is 0 Å². The third-order valence-corrected chi connectivity index (χ3v) is 5.46. The van der Waals surface area contributed by atoms with Crippen LogP contribution >= 0.6 is 0 Å². The van der Waals surface area contributed by atoms with Gasteiger partial charge in [-0.25, -0.2) is 0 Å². The first-order chi connectivity index (χ1) is 13.3. The highest BCUT2D eigenvalue weighted by Gasteiger charge is 2.42. The highest BCUT2D eigenvalue weighted by atomic mass is 16.5. The Balaban J connectivity index is 2.02. The number of carbonyl (C=O) groups is 3. The number of amides is 1. The number of hydrogen-bond acceptors (Lipinski definition) is 7. The summed E-state index contributed by atoms with van der Waals surface area (Å²) < 4.78 is 5.17. The molecule has 28 heavy (non-hydrogen) atoms. The van der Waals surface area contributed by atoms with E-state index in [1.54, 1.807) is 0 Å². The lowest BCUT2D eigenvalue weighted by Crippen LogP contribution is -2.32. The largest absolute Gasteiger partial charge is 0.507 e. The van der Waals surface area contributed by atoms with Gasteiger partial charge in [0, 0.05) is 22.6 Å². The van der Waals surface area contributed by atoms with Crippen molar-refractivity contribution in [2.75, 3.05) is 7.11 Å². The van der Waals surface area contributed by atoms with Crippen molar-refractivity contribution in [1.82, 2.24) is 0 Å². The number of fused-ring (bicyclic) bond motifs is 3. The topological polar surface area (TPSA) is 147 Å². The zero-order valence-electron chi connectivity index (χ0n) is 14.9. The molecule has 5 N–H and O–H groups in total. The molecule has 0 aromatic heterocycles. The number of nitrogens with two attached hydrogens (primary N) is 1. The Morgan fingerprint density at radius 1 is 1.11 bits per heavy atom. The molecule has 2 atom stereocenters. The van der Waals surface area contributed by atoms with Crippen molar-refractivity contribution in [3.63, 3.8) is 0 Å². The van der Waals surface area contributed by atoms with Gasteiger partial charge in [-0.2, -0.15) is 0 Å². The first kappa shape index (κ1) is 18.0. The molecule has 8 nitrogen and oxygen atoms in total. The molecule has 2 aliphatic rings. The van der Waals surface area contributed by atoms with Crippen molar-refractivity contribution in [3.8, 4) is 17.2 Å². The second-order valence-electron chi connectivity index (χ2n) is 6.94. The van der Waals surface area contributed by atoms with E-state index in [0.29, 0.717) is 0 Å². The van der Waals surface area contributed by atoms with Crippen LogP contribution in [-0.4, -0.2) is 39.9 Å². The van der Waals surface area contributed by atoms with Gasteiger partial charge in [-0.3, -0.25) is 14.4 Å². The third kappa shape index (κ3) is 2.24. The van der Waals surface area contributed by atoms with Crippen molar-refractivity contribution >= 4 is 17.5 Å². The second-order valence-corrected chi connectivity index (χ2v) is 6.94. The number of carbonyl (C=O) groups excluding carboxylic acids is 3. The number of hydrogen-bond donors (Lipinski definition) is 4. The molecule has 8 heteroatoms. The predicted molar refractivity (Wildman–Crippen MR) is 95.6 cm³/mol. The van der Waals surface area contributed by atoms with Crippen LogP contribution in [0.4, 0.5) is 0 Å². The van der Waals surface area contributed by atoms with Gasteiger partial charge in [-0.1, -0.05) is 12.1 Å². The highest BCUT2D eigenvalue weighted by Crippen LogP contribution is 2.49. The minimum absolute atomic E-state index is 0.0162. The average Bonchev–Trinajstić information content (AvgIpc) is 2.67. The molecule has 0 radical (unpaired) electrons. The summed E-state index contributed by atoms with van der Waals surface area (Å²) in [5.41, 5.74) is 4.61. The maximum atomic E-state index is 13.1. The average molecular weight is 383 g/mol. The molecule has 0 fully saturated rings. The summed E-state index contributed by atoms with van der Waals surface area (Å²) in [7, 11) is 1.35. The van der Waals surface area contributed by atoms with Crippen LogP contribution in [0.1, 0.15) is 55.5 Å². The zero-order valence-corrected chi connectivity index (χ0v) is 14.9. The van der Waals surface area contributed by atoms with E-state index in [2.05, 4.69) is 0 Å². The maximum Gasteiger partial charge on any atom is 0.220 e. The number of ether oxygens (including phenoxy) is 1. The Kier molecular flexibility index (Phi) is 3.90. The molecule has 0 bridgehead atoms. The Morgan fingerprint density at radius 2 is 1.79 bits per heavy atom. The molecule has 144 valence electrons. The summed E-state index contributed by atoms with van der Waals surface area (Å²) in [5.74, 6) is -3.73. The van der Waals surface area contributed by atoms with Crippen LogP contribution < -0.4 is 10.5 Å². The summed E-state index contributed by atoms with van der Waals surface area (Å²) >= 11 is 0. The molecular weight excluding hydrogens is 366 g/mol. The molecule has 0 saturated carbocycles. The van der Waals surface area contributed by atoms with Crippen LogP contribution in [0.15, 0.2) is 18.2 Å². The highest BCUT2D eigenvalue weighted by molar-refractivity contribution is 6.31.